The Morgan fingerprint density at radius 1 is 1.16 bits per heavy atom. The predicted octanol–water partition coefficient (Wildman–Crippen LogP) is 3.17. The highest BCUT2D eigenvalue weighted by atomic mass is 16.6. The lowest BCUT2D eigenvalue weighted by molar-refractivity contribution is 0.215. The van der Waals surface area contributed by atoms with Gasteiger partial charge in [0.15, 0.2) is 0 Å². The fourth-order valence-electron chi connectivity index (χ4n) is 1.75. The molecule has 2 N–H and O–H groups in total. The quantitative estimate of drug-likeness (QED) is 0.737. The van der Waals surface area contributed by atoms with Gasteiger partial charge in [-0.15, -0.1) is 0 Å². The molecule has 5 nitrogen and oxygen atoms in total. The van der Waals surface area contributed by atoms with Gasteiger partial charge in [0.05, 0.1) is 11.7 Å². The number of amides is 1. The second-order valence-electron chi connectivity index (χ2n) is 4.00. The van der Waals surface area contributed by atoms with Crippen molar-refractivity contribution >= 4 is 22.7 Å². The van der Waals surface area contributed by atoms with E-state index < -0.39 is 6.09 Å². The van der Waals surface area contributed by atoms with Crippen molar-refractivity contribution in [3.63, 3.8) is 0 Å². The molecular weight excluding hydrogens is 242 g/mol. The molecule has 19 heavy (non-hydrogen) atoms. The van der Waals surface area contributed by atoms with Gasteiger partial charge < -0.3 is 4.74 Å². The molecule has 0 aliphatic heterocycles. The summed E-state index contributed by atoms with van der Waals surface area (Å²) in [7, 11) is 0. The largest absolute Gasteiger partial charge is 0.417 e. The molecule has 94 valence electrons. The lowest BCUT2D eigenvalue weighted by atomic mass is 10.2. The molecule has 1 heterocycles. The molecule has 3 aromatic rings. The molecule has 0 bridgehead atoms. The number of H-pyrrole nitrogens is 1. The van der Waals surface area contributed by atoms with Crippen molar-refractivity contribution in [3.05, 3.63) is 54.7 Å². The summed E-state index contributed by atoms with van der Waals surface area (Å²) in [5.74, 6) is 0.502. The van der Waals surface area contributed by atoms with Gasteiger partial charge in [-0.05, 0) is 30.3 Å². The van der Waals surface area contributed by atoms with E-state index in [1.54, 1.807) is 42.6 Å². The van der Waals surface area contributed by atoms with Gasteiger partial charge in [0.25, 0.3) is 0 Å². The SMILES string of the molecule is O=C(Nc1ccc2cn[nH]c2c1)Oc1ccccc1. The number of anilines is 1. The van der Waals surface area contributed by atoms with Crippen molar-refractivity contribution < 1.29 is 9.53 Å². The predicted molar refractivity (Wildman–Crippen MR) is 72.2 cm³/mol. The maximum absolute atomic E-state index is 11.7. The van der Waals surface area contributed by atoms with E-state index in [0.29, 0.717) is 11.4 Å². The molecule has 0 aliphatic rings. The zero-order valence-corrected chi connectivity index (χ0v) is 9.96. The maximum atomic E-state index is 11.7. The average Bonchev–Trinajstić information content (AvgIpc) is 2.87. The highest BCUT2D eigenvalue weighted by molar-refractivity contribution is 5.90. The third-order valence-electron chi connectivity index (χ3n) is 2.64. The Morgan fingerprint density at radius 2 is 2.00 bits per heavy atom. The van der Waals surface area contributed by atoms with E-state index in [1.165, 1.54) is 0 Å². The molecule has 0 unspecified atom stereocenters. The molecule has 0 spiro atoms. The minimum Gasteiger partial charge on any atom is -0.410 e. The first kappa shape index (κ1) is 11.3. The number of carbonyl (C=O) groups is 1. The summed E-state index contributed by atoms with van der Waals surface area (Å²) >= 11 is 0. The van der Waals surface area contributed by atoms with Gasteiger partial charge in [0.2, 0.25) is 0 Å². The highest BCUT2D eigenvalue weighted by Gasteiger charge is 2.05. The Labute approximate surface area is 109 Å². The summed E-state index contributed by atoms with van der Waals surface area (Å²) in [6, 6.07) is 14.4. The Kier molecular flexibility index (Phi) is 2.86. The first-order valence-corrected chi connectivity index (χ1v) is 5.78. The molecule has 0 fully saturated rings. The van der Waals surface area contributed by atoms with E-state index in [-0.39, 0.29) is 0 Å². The van der Waals surface area contributed by atoms with Crippen LogP contribution in [0.25, 0.3) is 10.9 Å². The van der Waals surface area contributed by atoms with Crippen LogP contribution < -0.4 is 10.1 Å². The van der Waals surface area contributed by atoms with Crippen LogP contribution in [0.4, 0.5) is 10.5 Å². The lowest BCUT2D eigenvalue weighted by Gasteiger charge is -2.06. The van der Waals surface area contributed by atoms with E-state index >= 15 is 0 Å². The number of aromatic amines is 1. The Morgan fingerprint density at radius 3 is 2.84 bits per heavy atom. The van der Waals surface area contributed by atoms with Gasteiger partial charge >= 0.3 is 6.09 Å². The number of nitrogens with one attached hydrogen (secondary N) is 2. The number of aromatic nitrogens is 2. The number of rotatable bonds is 2. The van der Waals surface area contributed by atoms with Crippen molar-refractivity contribution in [2.75, 3.05) is 5.32 Å². The molecule has 0 saturated carbocycles. The average molecular weight is 253 g/mol. The number of carbonyl (C=O) groups excluding carboxylic acids is 1. The summed E-state index contributed by atoms with van der Waals surface area (Å²) in [4.78, 5) is 11.7. The minimum absolute atomic E-state index is 0.502. The number of ether oxygens (including phenoxy) is 1. The van der Waals surface area contributed by atoms with Crippen molar-refractivity contribution in [1.82, 2.24) is 10.2 Å². The summed E-state index contributed by atoms with van der Waals surface area (Å²) < 4.78 is 5.14. The number of benzene rings is 2. The van der Waals surface area contributed by atoms with E-state index in [2.05, 4.69) is 15.5 Å². The summed E-state index contributed by atoms with van der Waals surface area (Å²) in [5.41, 5.74) is 1.51. The standard InChI is InChI=1S/C14H11N3O2/c18-14(19-12-4-2-1-3-5-12)16-11-7-6-10-9-15-17-13(10)8-11/h1-9H,(H,15,17)(H,16,18). The molecule has 0 aliphatic carbocycles. The molecule has 0 saturated heterocycles. The van der Waals surface area contributed by atoms with Crippen LogP contribution in [-0.2, 0) is 0 Å². The number of para-hydroxylation sites is 1. The molecule has 5 heteroatoms. The van der Waals surface area contributed by atoms with E-state index in [4.69, 9.17) is 4.74 Å². The second kappa shape index (κ2) is 4.81. The van der Waals surface area contributed by atoms with Crippen molar-refractivity contribution in [1.29, 1.82) is 0 Å². The Balaban J connectivity index is 1.72. The molecule has 2 aromatic carbocycles. The number of hydrogen-bond donors (Lipinski definition) is 2. The normalized spacial score (nSPS) is 10.3. The van der Waals surface area contributed by atoms with Crippen molar-refractivity contribution in [3.8, 4) is 5.75 Å². The van der Waals surface area contributed by atoms with Crippen LogP contribution in [0.2, 0.25) is 0 Å². The number of fused-ring (bicyclic) bond motifs is 1. The third kappa shape index (κ3) is 2.55. The molecule has 0 radical (unpaired) electrons. The van der Waals surface area contributed by atoms with Crippen molar-refractivity contribution in [2.45, 2.75) is 0 Å². The highest BCUT2D eigenvalue weighted by Crippen LogP contribution is 2.17. The van der Waals surface area contributed by atoms with Gasteiger partial charge in [-0.2, -0.15) is 5.10 Å². The van der Waals surface area contributed by atoms with Crippen LogP contribution in [0.3, 0.4) is 0 Å². The summed E-state index contributed by atoms with van der Waals surface area (Å²) in [6.45, 7) is 0. The van der Waals surface area contributed by atoms with Gasteiger partial charge in [0, 0.05) is 11.1 Å². The molecule has 1 aromatic heterocycles. The van der Waals surface area contributed by atoms with Crippen LogP contribution in [0.15, 0.2) is 54.7 Å². The van der Waals surface area contributed by atoms with Crippen LogP contribution >= 0.6 is 0 Å². The van der Waals surface area contributed by atoms with E-state index in [9.17, 15) is 4.79 Å². The van der Waals surface area contributed by atoms with E-state index in [1.807, 2.05) is 12.1 Å². The van der Waals surface area contributed by atoms with E-state index in [0.717, 1.165) is 10.9 Å². The molecule has 3 rings (SSSR count). The fourth-order valence-corrected chi connectivity index (χ4v) is 1.75. The van der Waals surface area contributed by atoms with Gasteiger partial charge in [-0.3, -0.25) is 10.4 Å². The lowest BCUT2D eigenvalue weighted by Crippen LogP contribution is -2.16. The Bertz CT molecular complexity index is 707. The third-order valence-corrected chi connectivity index (χ3v) is 2.64. The zero-order valence-electron chi connectivity index (χ0n) is 9.96. The van der Waals surface area contributed by atoms with Crippen LogP contribution in [0, 0.1) is 0 Å². The molecule has 1 amide bonds. The summed E-state index contributed by atoms with van der Waals surface area (Å²) in [6.07, 6.45) is 1.20. The summed E-state index contributed by atoms with van der Waals surface area (Å²) in [5, 5.41) is 10.4. The minimum atomic E-state index is -0.523. The first-order chi connectivity index (χ1) is 9.31. The number of nitrogens with zero attached hydrogens (tertiary/aromatic N) is 1. The Hall–Kier alpha value is -2.82. The topological polar surface area (TPSA) is 67.0 Å². The van der Waals surface area contributed by atoms with Crippen LogP contribution in [-0.4, -0.2) is 16.3 Å². The zero-order chi connectivity index (χ0) is 13.1. The number of hydrogen-bond acceptors (Lipinski definition) is 3. The van der Waals surface area contributed by atoms with Gasteiger partial charge in [-0.25, -0.2) is 4.79 Å². The first-order valence-electron chi connectivity index (χ1n) is 5.78. The smallest absolute Gasteiger partial charge is 0.410 e. The van der Waals surface area contributed by atoms with Crippen LogP contribution in [0.5, 0.6) is 5.75 Å². The monoisotopic (exact) mass is 253 g/mol. The molecular formula is C14H11N3O2. The van der Waals surface area contributed by atoms with Crippen molar-refractivity contribution in [2.24, 2.45) is 0 Å². The van der Waals surface area contributed by atoms with Crippen LogP contribution in [0.1, 0.15) is 0 Å². The second-order valence-corrected chi connectivity index (χ2v) is 4.00. The molecule has 0 atom stereocenters. The van der Waals surface area contributed by atoms with Gasteiger partial charge in [-0.1, -0.05) is 18.2 Å². The fraction of sp³-hybridized carbons (Fsp3) is 0. The maximum Gasteiger partial charge on any atom is 0.417 e. The van der Waals surface area contributed by atoms with Gasteiger partial charge in [0.1, 0.15) is 5.75 Å².